The molecule has 3 N–H and O–H groups in total. The smallest absolute Gasteiger partial charge is 0.191 e. The van der Waals surface area contributed by atoms with Crippen LogP contribution < -0.4 is 10.6 Å². The van der Waals surface area contributed by atoms with Gasteiger partial charge in [-0.25, -0.2) is 4.99 Å². The molecule has 0 spiro atoms. The zero-order valence-electron chi connectivity index (χ0n) is 13.8. The Morgan fingerprint density at radius 3 is 2.68 bits per heavy atom. The molecule has 1 rings (SSSR count). The van der Waals surface area contributed by atoms with Gasteiger partial charge in [0.15, 0.2) is 5.96 Å². The lowest BCUT2D eigenvalue weighted by atomic mass is 9.94. The van der Waals surface area contributed by atoms with Gasteiger partial charge in [-0.3, -0.25) is 0 Å². The predicted molar refractivity (Wildman–Crippen MR) is 107 cm³/mol. The lowest BCUT2D eigenvalue weighted by molar-refractivity contribution is 0.243. The minimum Gasteiger partial charge on any atom is -0.396 e. The SMILES string of the molecule is CCNC(=NCc1cccs1)NCC(CCO)CC(C)C.I. The van der Waals surface area contributed by atoms with E-state index >= 15 is 0 Å². The number of aliphatic hydroxyl groups excluding tert-OH is 1. The molecule has 0 aliphatic rings. The van der Waals surface area contributed by atoms with E-state index in [2.05, 4.69) is 53.9 Å². The molecule has 0 aliphatic carbocycles. The fourth-order valence-electron chi connectivity index (χ4n) is 2.29. The van der Waals surface area contributed by atoms with Crippen LogP contribution in [0.4, 0.5) is 0 Å². The Kier molecular flexibility index (Phi) is 12.9. The van der Waals surface area contributed by atoms with E-state index in [-0.39, 0.29) is 30.6 Å². The second kappa shape index (κ2) is 13.1. The molecule has 0 saturated heterocycles. The average molecular weight is 439 g/mol. The summed E-state index contributed by atoms with van der Waals surface area (Å²) in [5.41, 5.74) is 0. The molecule has 1 aromatic rings. The van der Waals surface area contributed by atoms with Crippen molar-refractivity contribution in [3.63, 3.8) is 0 Å². The fraction of sp³-hybridized carbons (Fsp3) is 0.688. The predicted octanol–water partition coefficient (Wildman–Crippen LogP) is 3.47. The fourth-order valence-corrected chi connectivity index (χ4v) is 2.92. The molecule has 128 valence electrons. The molecule has 0 bridgehead atoms. The molecule has 0 radical (unpaired) electrons. The van der Waals surface area contributed by atoms with Crippen molar-refractivity contribution in [2.75, 3.05) is 19.7 Å². The molecule has 22 heavy (non-hydrogen) atoms. The summed E-state index contributed by atoms with van der Waals surface area (Å²) in [6.45, 7) is 9.19. The number of hydrogen-bond acceptors (Lipinski definition) is 3. The Morgan fingerprint density at radius 1 is 1.36 bits per heavy atom. The lowest BCUT2D eigenvalue weighted by Gasteiger charge is -2.20. The Labute approximate surface area is 155 Å². The van der Waals surface area contributed by atoms with Crippen LogP contribution in [0.2, 0.25) is 0 Å². The van der Waals surface area contributed by atoms with E-state index in [9.17, 15) is 5.11 Å². The van der Waals surface area contributed by atoms with E-state index in [0.717, 1.165) is 31.9 Å². The molecule has 1 aromatic heterocycles. The second-order valence-electron chi connectivity index (χ2n) is 5.66. The Morgan fingerprint density at radius 2 is 2.14 bits per heavy atom. The maximum Gasteiger partial charge on any atom is 0.191 e. The van der Waals surface area contributed by atoms with Crippen LogP contribution in [0.5, 0.6) is 0 Å². The number of aliphatic hydroxyl groups is 1. The summed E-state index contributed by atoms with van der Waals surface area (Å²) in [7, 11) is 0. The van der Waals surface area contributed by atoms with Gasteiger partial charge in [0.25, 0.3) is 0 Å². The molecule has 0 saturated carbocycles. The first kappa shape index (κ1) is 21.7. The third-order valence-corrected chi connectivity index (χ3v) is 4.08. The highest BCUT2D eigenvalue weighted by Crippen LogP contribution is 2.14. The van der Waals surface area contributed by atoms with Gasteiger partial charge >= 0.3 is 0 Å². The zero-order chi connectivity index (χ0) is 15.5. The number of thiophene rings is 1. The molecule has 0 fully saturated rings. The van der Waals surface area contributed by atoms with Crippen molar-refractivity contribution >= 4 is 41.3 Å². The van der Waals surface area contributed by atoms with E-state index in [0.29, 0.717) is 18.4 Å². The number of nitrogens with one attached hydrogen (secondary N) is 2. The van der Waals surface area contributed by atoms with E-state index in [1.54, 1.807) is 11.3 Å². The van der Waals surface area contributed by atoms with Crippen LogP contribution >= 0.6 is 35.3 Å². The van der Waals surface area contributed by atoms with Gasteiger partial charge in [-0.15, -0.1) is 35.3 Å². The topological polar surface area (TPSA) is 56.7 Å². The van der Waals surface area contributed by atoms with Gasteiger partial charge in [0, 0.05) is 24.6 Å². The third kappa shape index (κ3) is 9.63. The minimum absolute atomic E-state index is 0. The first-order valence-electron chi connectivity index (χ1n) is 7.81. The van der Waals surface area contributed by atoms with Crippen LogP contribution in [0.15, 0.2) is 22.5 Å². The van der Waals surface area contributed by atoms with Gasteiger partial charge in [-0.05, 0) is 43.0 Å². The highest BCUT2D eigenvalue weighted by atomic mass is 127. The van der Waals surface area contributed by atoms with Gasteiger partial charge in [0.2, 0.25) is 0 Å². The highest BCUT2D eigenvalue weighted by molar-refractivity contribution is 14.0. The molecule has 4 nitrogen and oxygen atoms in total. The molecule has 0 aromatic carbocycles. The van der Waals surface area contributed by atoms with Gasteiger partial charge in [0.05, 0.1) is 6.54 Å². The molecule has 1 atom stereocenters. The van der Waals surface area contributed by atoms with E-state index in [1.165, 1.54) is 4.88 Å². The molecule has 0 amide bonds. The molecule has 0 aliphatic heterocycles. The van der Waals surface area contributed by atoms with Crippen LogP contribution in [0.1, 0.15) is 38.5 Å². The number of nitrogens with zero attached hydrogens (tertiary/aromatic N) is 1. The van der Waals surface area contributed by atoms with Crippen molar-refractivity contribution in [2.24, 2.45) is 16.8 Å². The van der Waals surface area contributed by atoms with Crippen molar-refractivity contribution in [1.29, 1.82) is 0 Å². The van der Waals surface area contributed by atoms with Gasteiger partial charge < -0.3 is 15.7 Å². The minimum atomic E-state index is 0. The van der Waals surface area contributed by atoms with Crippen LogP contribution in [0, 0.1) is 11.8 Å². The first-order chi connectivity index (χ1) is 10.2. The largest absolute Gasteiger partial charge is 0.396 e. The quantitative estimate of drug-likeness (QED) is 0.314. The molecule has 6 heteroatoms. The normalized spacial score (nSPS) is 12.9. The van der Waals surface area contributed by atoms with E-state index in [4.69, 9.17) is 0 Å². The second-order valence-corrected chi connectivity index (χ2v) is 6.70. The van der Waals surface area contributed by atoms with E-state index in [1.807, 2.05) is 0 Å². The number of rotatable bonds is 9. The molecular formula is C16H30IN3OS. The number of guanidine groups is 1. The summed E-state index contributed by atoms with van der Waals surface area (Å²) in [4.78, 5) is 5.87. The number of aliphatic imine (C=N–C) groups is 1. The molecular weight excluding hydrogens is 409 g/mol. The van der Waals surface area contributed by atoms with Gasteiger partial charge in [0.1, 0.15) is 0 Å². The first-order valence-corrected chi connectivity index (χ1v) is 8.69. The summed E-state index contributed by atoms with van der Waals surface area (Å²) >= 11 is 1.73. The standard InChI is InChI=1S/C16H29N3OS.HI/c1-4-17-16(19-12-15-6-5-9-21-15)18-11-14(7-8-20)10-13(2)3;/h5-6,9,13-14,20H,4,7-8,10-12H2,1-3H3,(H2,17,18,19);1H. The maximum absolute atomic E-state index is 9.17. The molecule has 1 unspecified atom stereocenters. The van der Waals surface area contributed by atoms with Crippen LogP contribution in [0.3, 0.4) is 0 Å². The summed E-state index contributed by atoms with van der Waals surface area (Å²) in [5, 5.41) is 17.9. The summed E-state index contributed by atoms with van der Waals surface area (Å²) in [5.74, 6) is 1.99. The summed E-state index contributed by atoms with van der Waals surface area (Å²) in [6.07, 6.45) is 1.97. The monoisotopic (exact) mass is 439 g/mol. The third-order valence-electron chi connectivity index (χ3n) is 3.22. The van der Waals surface area contributed by atoms with E-state index < -0.39 is 0 Å². The highest BCUT2D eigenvalue weighted by Gasteiger charge is 2.11. The van der Waals surface area contributed by atoms with Crippen molar-refractivity contribution in [3.05, 3.63) is 22.4 Å². The van der Waals surface area contributed by atoms with Gasteiger partial charge in [-0.1, -0.05) is 19.9 Å². The number of hydrogen-bond donors (Lipinski definition) is 3. The zero-order valence-corrected chi connectivity index (χ0v) is 17.0. The van der Waals surface area contributed by atoms with Crippen molar-refractivity contribution in [3.8, 4) is 0 Å². The maximum atomic E-state index is 9.17. The average Bonchev–Trinajstić information content (AvgIpc) is 2.94. The van der Waals surface area contributed by atoms with Gasteiger partial charge in [-0.2, -0.15) is 0 Å². The molecule has 1 heterocycles. The van der Waals surface area contributed by atoms with Crippen molar-refractivity contribution in [2.45, 2.75) is 40.2 Å². The van der Waals surface area contributed by atoms with Crippen LogP contribution in [-0.2, 0) is 6.54 Å². The van der Waals surface area contributed by atoms with Crippen LogP contribution in [0.25, 0.3) is 0 Å². The summed E-state index contributed by atoms with van der Waals surface area (Å²) < 4.78 is 0. The Hall–Kier alpha value is -0.340. The van der Waals surface area contributed by atoms with Crippen molar-refractivity contribution < 1.29 is 5.11 Å². The van der Waals surface area contributed by atoms with Crippen molar-refractivity contribution in [1.82, 2.24) is 10.6 Å². The number of halogens is 1. The summed E-state index contributed by atoms with van der Waals surface area (Å²) in [6, 6.07) is 4.15. The van der Waals surface area contributed by atoms with Crippen LogP contribution in [-0.4, -0.2) is 30.8 Å². The Bertz CT molecular complexity index is 396. The lowest BCUT2D eigenvalue weighted by Crippen LogP contribution is -2.40. The Balaban J connectivity index is 0.00000441.